The number of Topliss-reactive ketones (excluding diaryl/α,β-unsaturated/α-hetero) is 1. The summed E-state index contributed by atoms with van der Waals surface area (Å²) in [5.41, 5.74) is -0.332. The first kappa shape index (κ1) is 28.1. The Morgan fingerprint density at radius 2 is 1.78 bits per heavy atom. The molecule has 0 saturated heterocycles. The lowest BCUT2D eigenvalue weighted by molar-refractivity contribution is -0.163. The van der Waals surface area contributed by atoms with Crippen LogP contribution >= 0.6 is 0 Å². The summed E-state index contributed by atoms with van der Waals surface area (Å²) >= 11 is 0. The minimum absolute atomic E-state index is 0.00634. The summed E-state index contributed by atoms with van der Waals surface area (Å²) < 4.78 is 5.81. The highest BCUT2D eigenvalue weighted by molar-refractivity contribution is 6.04. The van der Waals surface area contributed by atoms with Gasteiger partial charge < -0.3 is 9.73 Å². The highest BCUT2D eigenvalue weighted by Crippen LogP contribution is 2.74. The Morgan fingerprint density at radius 1 is 1.05 bits per heavy atom. The van der Waals surface area contributed by atoms with Crippen molar-refractivity contribution < 1.29 is 18.8 Å². The number of rotatable bonds is 2. The first-order valence-electron chi connectivity index (χ1n) is 15.2. The van der Waals surface area contributed by atoms with Crippen LogP contribution in [0.25, 0.3) is 0 Å². The molecular weight excluding hydrogens is 516 g/mol. The molecule has 218 valence electrons. The van der Waals surface area contributed by atoms with E-state index in [9.17, 15) is 19.6 Å². The molecule has 8 heteroatoms. The number of aromatic nitrogens is 2. The van der Waals surface area contributed by atoms with Crippen LogP contribution in [-0.2, 0) is 9.59 Å². The first-order chi connectivity index (χ1) is 19.2. The van der Waals surface area contributed by atoms with Gasteiger partial charge in [-0.1, -0.05) is 53.2 Å². The van der Waals surface area contributed by atoms with Crippen molar-refractivity contribution in [2.75, 3.05) is 7.05 Å². The Morgan fingerprint density at radius 3 is 2.46 bits per heavy atom. The smallest absolute Gasteiger partial charge is 0.308 e. The van der Waals surface area contributed by atoms with E-state index in [1.807, 2.05) is 26.0 Å². The Balaban J connectivity index is 1.42. The Bertz CT molecular complexity index is 1460. The maximum Gasteiger partial charge on any atom is 0.308 e. The van der Waals surface area contributed by atoms with Crippen molar-refractivity contribution in [2.45, 2.75) is 92.4 Å². The fourth-order valence-electron chi connectivity index (χ4n) is 10.4. The van der Waals surface area contributed by atoms with Crippen molar-refractivity contribution in [2.24, 2.45) is 44.8 Å². The van der Waals surface area contributed by atoms with Gasteiger partial charge >= 0.3 is 11.8 Å². The van der Waals surface area contributed by atoms with Gasteiger partial charge in [-0.25, -0.2) is 0 Å². The van der Waals surface area contributed by atoms with Crippen LogP contribution in [0.4, 0.5) is 0 Å². The van der Waals surface area contributed by atoms with Gasteiger partial charge in [0.2, 0.25) is 5.89 Å². The van der Waals surface area contributed by atoms with Crippen LogP contribution in [-0.4, -0.2) is 34.7 Å². The topological polar surface area (TPSA) is 126 Å². The van der Waals surface area contributed by atoms with E-state index in [2.05, 4.69) is 49.3 Å². The molecule has 0 aliphatic heterocycles. The summed E-state index contributed by atoms with van der Waals surface area (Å²) in [5.74, 6) is 0.208. The van der Waals surface area contributed by atoms with Gasteiger partial charge in [0, 0.05) is 29.7 Å². The van der Waals surface area contributed by atoms with Crippen LogP contribution in [0.15, 0.2) is 27.7 Å². The van der Waals surface area contributed by atoms with E-state index in [0.29, 0.717) is 5.89 Å². The zero-order chi connectivity index (χ0) is 29.8. The third-order valence-electron chi connectivity index (χ3n) is 13.0. The lowest BCUT2D eigenvalue weighted by Gasteiger charge is -2.68. The molecule has 0 spiro atoms. The van der Waals surface area contributed by atoms with E-state index < -0.39 is 16.7 Å². The van der Waals surface area contributed by atoms with Crippen LogP contribution in [0.1, 0.15) is 109 Å². The van der Waals surface area contributed by atoms with Crippen LogP contribution < -0.4 is 5.32 Å². The van der Waals surface area contributed by atoms with E-state index >= 15 is 0 Å². The molecule has 0 radical (unpaired) electrons. The zero-order valence-corrected chi connectivity index (χ0v) is 25.4. The summed E-state index contributed by atoms with van der Waals surface area (Å²) in [6.45, 7) is 13.1. The SMILES string of the molecule is CNC(=O)c1nnc(C2CCC3(C)CC[C@]4(C)C(C(=O)C=C5C6(C)C=C(C#N)C(=O)C(C)(C)C6CCC54C)C3C2)o1. The minimum Gasteiger partial charge on any atom is -0.417 e. The van der Waals surface area contributed by atoms with Crippen molar-refractivity contribution in [3.05, 3.63) is 35.1 Å². The number of nitriles is 1. The third kappa shape index (κ3) is 3.53. The molecule has 1 aromatic heterocycles. The van der Waals surface area contributed by atoms with Crippen molar-refractivity contribution in [1.29, 1.82) is 5.26 Å². The Labute approximate surface area is 242 Å². The highest BCUT2D eigenvalue weighted by Gasteiger charge is 2.69. The molecule has 1 amide bonds. The van der Waals surface area contributed by atoms with Crippen LogP contribution in [0.5, 0.6) is 0 Å². The molecule has 5 aliphatic rings. The van der Waals surface area contributed by atoms with E-state index in [1.165, 1.54) is 7.05 Å². The molecule has 41 heavy (non-hydrogen) atoms. The van der Waals surface area contributed by atoms with Gasteiger partial charge in [-0.15, -0.1) is 10.2 Å². The van der Waals surface area contributed by atoms with Crippen molar-refractivity contribution in [3.63, 3.8) is 0 Å². The monoisotopic (exact) mass is 558 g/mol. The number of hydrogen-bond acceptors (Lipinski definition) is 7. The Hall–Kier alpha value is -3.08. The zero-order valence-electron chi connectivity index (χ0n) is 25.4. The number of hydrogen-bond donors (Lipinski definition) is 1. The number of nitrogens with zero attached hydrogens (tertiary/aromatic N) is 3. The second-order valence-corrected chi connectivity index (χ2v) is 15.0. The predicted molar refractivity (Wildman–Crippen MR) is 151 cm³/mol. The summed E-state index contributed by atoms with van der Waals surface area (Å²) in [5, 5.41) is 20.7. The molecule has 0 aromatic carbocycles. The number of nitrogens with one attached hydrogen (secondary N) is 1. The summed E-state index contributed by atoms with van der Waals surface area (Å²) in [4.78, 5) is 39.8. The van der Waals surface area contributed by atoms with Crippen LogP contribution in [0.3, 0.4) is 0 Å². The molecule has 3 saturated carbocycles. The number of fused-ring (bicyclic) bond motifs is 7. The summed E-state index contributed by atoms with van der Waals surface area (Å²) in [7, 11) is 1.54. The maximum atomic E-state index is 14.5. The number of carbonyl (C=O) groups excluding carboxylic acids is 3. The van der Waals surface area contributed by atoms with Gasteiger partial charge in [0.25, 0.3) is 0 Å². The fourth-order valence-corrected chi connectivity index (χ4v) is 10.4. The average Bonchev–Trinajstić information content (AvgIpc) is 3.42. The molecule has 3 fully saturated rings. The van der Waals surface area contributed by atoms with Crippen LogP contribution in [0, 0.1) is 56.2 Å². The normalized spacial score (nSPS) is 42.9. The minimum atomic E-state index is -0.670. The molecular formula is C33H42N4O4. The first-order valence-corrected chi connectivity index (χ1v) is 15.2. The van der Waals surface area contributed by atoms with Gasteiger partial charge in [-0.3, -0.25) is 14.4 Å². The number of ketones is 2. The molecule has 1 N–H and O–H groups in total. The fraction of sp³-hybridized carbons (Fsp3) is 0.697. The van der Waals surface area contributed by atoms with Gasteiger partial charge in [0.05, 0.1) is 5.57 Å². The van der Waals surface area contributed by atoms with Crippen molar-refractivity contribution in [3.8, 4) is 6.07 Å². The summed E-state index contributed by atoms with van der Waals surface area (Å²) in [6.07, 6.45) is 10.3. The number of carbonyl (C=O) groups is 3. The van der Waals surface area contributed by atoms with E-state index in [0.717, 1.165) is 50.5 Å². The maximum absolute atomic E-state index is 14.5. The number of allylic oxidation sites excluding steroid dienone is 4. The summed E-state index contributed by atoms with van der Waals surface area (Å²) in [6, 6.07) is 2.18. The largest absolute Gasteiger partial charge is 0.417 e. The molecule has 1 aromatic rings. The lowest BCUT2D eigenvalue weighted by Crippen LogP contribution is -2.64. The van der Waals surface area contributed by atoms with Gasteiger partial charge in [0.1, 0.15) is 6.07 Å². The average molecular weight is 559 g/mol. The second kappa shape index (κ2) is 8.72. The van der Waals surface area contributed by atoms with Crippen molar-refractivity contribution in [1.82, 2.24) is 15.5 Å². The third-order valence-corrected chi connectivity index (χ3v) is 13.0. The molecule has 0 bridgehead atoms. The van der Waals surface area contributed by atoms with Gasteiger partial charge in [-0.2, -0.15) is 5.26 Å². The second-order valence-electron chi connectivity index (χ2n) is 15.0. The standard InChI is InChI=1S/C33H42N4O4/c1-29(2)22-9-11-32(5)23(31(22,4)16-19(17-34)25(29)39)15-21(38)24-20-14-18(27-36-37-28(41-27)26(40)35-7)8-10-30(20,3)12-13-33(24,32)6/h15-16,18,20,22,24H,8-14H2,1-7H3,(H,35,40)/t18?,20?,22?,24?,30?,31?,32?,33-/m1/s1. The van der Waals surface area contributed by atoms with Crippen LogP contribution in [0.2, 0.25) is 0 Å². The molecule has 7 unspecified atom stereocenters. The molecule has 8 nitrogen and oxygen atoms in total. The molecule has 8 atom stereocenters. The van der Waals surface area contributed by atoms with E-state index in [-0.39, 0.29) is 62.9 Å². The molecule has 6 rings (SSSR count). The van der Waals surface area contributed by atoms with E-state index in [1.54, 1.807) is 0 Å². The van der Waals surface area contributed by atoms with Gasteiger partial charge in [-0.05, 0) is 79.1 Å². The Kier molecular flexibility index (Phi) is 5.97. The molecule has 1 heterocycles. The molecule has 5 aliphatic carbocycles. The highest BCUT2D eigenvalue weighted by atomic mass is 16.4. The predicted octanol–water partition coefficient (Wildman–Crippen LogP) is 5.73. The van der Waals surface area contributed by atoms with Gasteiger partial charge in [0.15, 0.2) is 11.6 Å². The lowest BCUT2D eigenvalue weighted by atomic mass is 9.34. The number of amides is 1. The van der Waals surface area contributed by atoms with Crippen molar-refractivity contribution >= 4 is 17.5 Å². The van der Waals surface area contributed by atoms with E-state index in [4.69, 9.17) is 4.42 Å². The quantitative estimate of drug-likeness (QED) is 0.491.